The molecule has 0 atom stereocenters. The van der Waals surface area contributed by atoms with Gasteiger partial charge in [0.2, 0.25) is 5.88 Å². The molecule has 16 heavy (non-hydrogen) atoms. The van der Waals surface area contributed by atoms with Gasteiger partial charge in [-0.3, -0.25) is 4.68 Å². The Balaban J connectivity index is 2.71. The smallest absolute Gasteiger partial charge is 0.227 e. The normalized spacial score (nSPS) is 11.3. The van der Waals surface area contributed by atoms with Crippen LogP contribution in [0.3, 0.4) is 0 Å². The van der Waals surface area contributed by atoms with Crippen molar-refractivity contribution in [3.05, 3.63) is 11.8 Å². The fraction of sp³-hybridized carbons (Fsp3) is 0.455. The maximum Gasteiger partial charge on any atom is 0.227 e. The molecule has 5 heteroatoms. The fourth-order valence-corrected chi connectivity index (χ4v) is 1.70. The number of pyridine rings is 1. The van der Waals surface area contributed by atoms with Crippen molar-refractivity contribution in [3.8, 4) is 5.88 Å². The first-order chi connectivity index (χ1) is 7.49. The van der Waals surface area contributed by atoms with Crippen molar-refractivity contribution in [2.45, 2.75) is 26.9 Å². The molecule has 2 N–H and O–H groups in total. The monoisotopic (exact) mass is 220 g/mol. The van der Waals surface area contributed by atoms with E-state index in [-0.39, 0.29) is 6.10 Å². The summed E-state index contributed by atoms with van der Waals surface area (Å²) in [6.07, 6.45) is 0.0668. The maximum atomic E-state index is 5.85. The van der Waals surface area contributed by atoms with Crippen LogP contribution in [-0.4, -0.2) is 20.9 Å². The Labute approximate surface area is 94.2 Å². The number of nitrogen functional groups attached to an aromatic ring is 1. The number of hydrogen-bond acceptors (Lipinski definition) is 4. The van der Waals surface area contributed by atoms with Crippen molar-refractivity contribution >= 4 is 16.7 Å². The Kier molecular flexibility index (Phi) is 2.46. The molecule has 2 rings (SSSR count). The highest BCUT2D eigenvalue weighted by atomic mass is 16.5. The third kappa shape index (κ3) is 1.68. The summed E-state index contributed by atoms with van der Waals surface area (Å²) in [5.74, 6) is 1.02. The highest BCUT2D eigenvalue weighted by Gasteiger charge is 2.14. The zero-order valence-electron chi connectivity index (χ0n) is 9.98. The first-order valence-electron chi connectivity index (χ1n) is 5.25. The number of aryl methyl sites for hydroxylation is 2. The topological polar surface area (TPSA) is 66.0 Å². The Bertz CT molecular complexity index is 530. The molecular formula is C11H16N4O. The highest BCUT2D eigenvalue weighted by Crippen LogP contribution is 2.29. The van der Waals surface area contributed by atoms with Gasteiger partial charge in [0.1, 0.15) is 5.39 Å². The highest BCUT2D eigenvalue weighted by molar-refractivity contribution is 5.93. The van der Waals surface area contributed by atoms with Crippen molar-refractivity contribution < 1.29 is 4.74 Å². The molecule has 0 saturated carbocycles. The second kappa shape index (κ2) is 3.66. The van der Waals surface area contributed by atoms with E-state index in [9.17, 15) is 0 Å². The summed E-state index contributed by atoms with van der Waals surface area (Å²) >= 11 is 0. The van der Waals surface area contributed by atoms with E-state index in [4.69, 9.17) is 10.5 Å². The van der Waals surface area contributed by atoms with Gasteiger partial charge in [-0.15, -0.1) is 0 Å². The minimum absolute atomic E-state index is 0.0668. The van der Waals surface area contributed by atoms with Crippen LogP contribution in [0, 0.1) is 6.92 Å². The third-order valence-electron chi connectivity index (χ3n) is 2.30. The zero-order valence-corrected chi connectivity index (χ0v) is 9.98. The number of hydrogen-bond donors (Lipinski definition) is 1. The summed E-state index contributed by atoms with van der Waals surface area (Å²) in [6.45, 7) is 5.85. The lowest BCUT2D eigenvalue weighted by molar-refractivity contribution is 0.236. The van der Waals surface area contributed by atoms with Crippen LogP contribution in [0.1, 0.15) is 19.5 Å². The largest absolute Gasteiger partial charge is 0.474 e. The molecule has 0 bridgehead atoms. The number of anilines is 1. The standard InChI is InChI=1S/C11H16N4O/c1-6(2)16-11-9-8(5-7(3)13-11)15(4)14-10(9)12/h5-6H,1-4H3,(H2,12,14). The quantitative estimate of drug-likeness (QED) is 0.835. The number of fused-ring (bicyclic) bond motifs is 1. The molecule has 0 amide bonds. The van der Waals surface area contributed by atoms with Gasteiger partial charge in [-0.1, -0.05) is 0 Å². The van der Waals surface area contributed by atoms with Crippen LogP contribution in [0.4, 0.5) is 5.82 Å². The number of aromatic nitrogens is 3. The molecule has 0 aliphatic heterocycles. The summed E-state index contributed by atoms with van der Waals surface area (Å²) in [6, 6.07) is 1.95. The van der Waals surface area contributed by atoms with Crippen molar-refractivity contribution in [2.75, 3.05) is 5.73 Å². The molecule has 0 spiro atoms. The van der Waals surface area contributed by atoms with Gasteiger partial charge >= 0.3 is 0 Å². The minimum atomic E-state index is 0.0668. The third-order valence-corrected chi connectivity index (χ3v) is 2.30. The zero-order chi connectivity index (χ0) is 11.9. The number of nitrogens with zero attached hydrogens (tertiary/aromatic N) is 3. The molecule has 0 aromatic carbocycles. The van der Waals surface area contributed by atoms with E-state index < -0.39 is 0 Å². The van der Waals surface area contributed by atoms with Crippen LogP contribution >= 0.6 is 0 Å². The van der Waals surface area contributed by atoms with E-state index in [0.717, 1.165) is 16.6 Å². The van der Waals surface area contributed by atoms with Crippen LogP contribution in [0.15, 0.2) is 6.07 Å². The predicted octanol–water partition coefficient (Wildman–Crippen LogP) is 1.65. The molecule has 0 saturated heterocycles. The molecule has 2 aromatic heterocycles. The van der Waals surface area contributed by atoms with Crippen LogP contribution in [0.2, 0.25) is 0 Å². The second-order valence-electron chi connectivity index (χ2n) is 4.14. The van der Waals surface area contributed by atoms with Gasteiger partial charge < -0.3 is 10.5 Å². The van der Waals surface area contributed by atoms with Crippen molar-refractivity contribution in [1.29, 1.82) is 0 Å². The summed E-state index contributed by atoms with van der Waals surface area (Å²) in [5.41, 5.74) is 7.69. The maximum absolute atomic E-state index is 5.85. The average Bonchev–Trinajstić information content (AvgIpc) is 2.40. The van der Waals surface area contributed by atoms with Gasteiger partial charge in [-0.05, 0) is 26.8 Å². The van der Waals surface area contributed by atoms with Crippen molar-refractivity contribution in [3.63, 3.8) is 0 Å². The molecular weight excluding hydrogens is 204 g/mol. The van der Waals surface area contributed by atoms with Crippen molar-refractivity contribution in [1.82, 2.24) is 14.8 Å². The predicted molar refractivity (Wildman–Crippen MR) is 63.4 cm³/mol. The average molecular weight is 220 g/mol. The summed E-state index contributed by atoms with van der Waals surface area (Å²) < 4.78 is 7.40. The van der Waals surface area contributed by atoms with E-state index in [0.29, 0.717) is 11.7 Å². The number of rotatable bonds is 2. The Morgan fingerprint density at radius 3 is 2.75 bits per heavy atom. The molecule has 0 fully saturated rings. The van der Waals surface area contributed by atoms with E-state index in [1.807, 2.05) is 33.9 Å². The molecule has 86 valence electrons. The molecule has 0 unspecified atom stereocenters. The van der Waals surface area contributed by atoms with Crippen LogP contribution < -0.4 is 10.5 Å². The summed E-state index contributed by atoms with van der Waals surface area (Å²) in [7, 11) is 1.86. The molecule has 0 aliphatic rings. The van der Waals surface area contributed by atoms with Gasteiger partial charge in [0.25, 0.3) is 0 Å². The van der Waals surface area contributed by atoms with E-state index in [1.54, 1.807) is 4.68 Å². The van der Waals surface area contributed by atoms with Gasteiger partial charge in [0.15, 0.2) is 5.82 Å². The number of nitrogens with two attached hydrogens (primary N) is 1. The lowest BCUT2D eigenvalue weighted by Gasteiger charge is -2.10. The fourth-order valence-electron chi connectivity index (χ4n) is 1.70. The minimum Gasteiger partial charge on any atom is -0.474 e. The van der Waals surface area contributed by atoms with Gasteiger partial charge in [0, 0.05) is 12.7 Å². The Hall–Kier alpha value is -1.78. The van der Waals surface area contributed by atoms with Gasteiger partial charge in [0.05, 0.1) is 11.6 Å². The van der Waals surface area contributed by atoms with E-state index >= 15 is 0 Å². The molecule has 2 heterocycles. The lowest BCUT2D eigenvalue weighted by Crippen LogP contribution is -2.08. The van der Waals surface area contributed by atoms with Crippen LogP contribution in [-0.2, 0) is 7.05 Å². The summed E-state index contributed by atoms with van der Waals surface area (Å²) in [5, 5.41) is 4.97. The van der Waals surface area contributed by atoms with Gasteiger partial charge in [-0.25, -0.2) is 4.98 Å². The van der Waals surface area contributed by atoms with Crippen LogP contribution in [0.25, 0.3) is 10.9 Å². The molecule has 0 aliphatic carbocycles. The number of ether oxygens (including phenoxy) is 1. The SMILES string of the molecule is Cc1cc2c(c(N)nn2C)c(OC(C)C)n1. The first-order valence-corrected chi connectivity index (χ1v) is 5.25. The van der Waals surface area contributed by atoms with E-state index in [1.165, 1.54) is 0 Å². The van der Waals surface area contributed by atoms with Crippen LogP contribution in [0.5, 0.6) is 5.88 Å². The molecule has 2 aromatic rings. The first kappa shape index (κ1) is 10.7. The van der Waals surface area contributed by atoms with Crippen molar-refractivity contribution in [2.24, 2.45) is 7.05 Å². The lowest BCUT2D eigenvalue weighted by atomic mass is 10.2. The van der Waals surface area contributed by atoms with Gasteiger partial charge in [-0.2, -0.15) is 5.10 Å². The summed E-state index contributed by atoms with van der Waals surface area (Å²) in [4.78, 5) is 4.36. The van der Waals surface area contributed by atoms with E-state index in [2.05, 4.69) is 10.1 Å². The Morgan fingerprint density at radius 1 is 1.44 bits per heavy atom. The Morgan fingerprint density at radius 2 is 2.12 bits per heavy atom. The molecule has 0 radical (unpaired) electrons. The molecule has 5 nitrogen and oxygen atoms in total. The second-order valence-corrected chi connectivity index (χ2v) is 4.14.